The molecule has 1 amide bonds. The maximum atomic E-state index is 12.1. The average molecular weight is 220 g/mol. The van der Waals surface area contributed by atoms with E-state index in [1.165, 1.54) is 12.8 Å². The van der Waals surface area contributed by atoms with Gasteiger partial charge in [-0.25, -0.2) is 4.98 Å². The van der Waals surface area contributed by atoms with E-state index in [9.17, 15) is 4.79 Å². The van der Waals surface area contributed by atoms with Crippen LogP contribution in [-0.4, -0.2) is 46.5 Å². The van der Waals surface area contributed by atoms with Crippen molar-refractivity contribution in [3.63, 3.8) is 0 Å². The Morgan fingerprint density at radius 1 is 1.50 bits per heavy atom. The molecule has 86 valence electrons. The number of carbonyl (C=O) groups is 1. The number of likely N-dealkylation sites (tertiary alicyclic amines) is 1. The fraction of sp³-hybridized carbons (Fsp3) is 0.636. The van der Waals surface area contributed by atoms with Gasteiger partial charge in [-0.2, -0.15) is 0 Å². The lowest BCUT2D eigenvalue weighted by Gasteiger charge is -2.24. The smallest absolute Gasteiger partial charge is 0.271 e. The molecule has 0 saturated carbocycles. The van der Waals surface area contributed by atoms with Crippen LogP contribution in [0, 0.1) is 5.92 Å². The molecule has 2 saturated heterocycles. The lowest BCUT2D eigenvalue weighted by atomic mass is 9.94. The van der Waals surface area contributed by atoms with Crippen LogP contribution in [0.15, 0.2) is 12.5 Å². The molecule has 5 nitrogen and oxygen atoms in total. The molecule has 0 radical (unpaired) electrons. The average Bonchev–Trinajstić information content (AvgIpc) is 2.97. The summed E-state index contributed by atoms with van der Waals surface area (Å²) in [7, 11) is 0. The third-order valence-electron chi connectivity index (χ3n) is 3.62. The largest absolute Gasteiger partial charge is 0.341 e. The molecule has 0 spiro atoms. The quantitative estimate of drug-likeness (QED) is 0.712. The van der Waals surface area contributed by atoms with Crippen LogP contribution in [0.25, 0.3) is 0 Å². The Labute approximate surface area is 94.2 Å². The van der Waals surface area contributed by atoms with Crippen molar-refractivity contribution < 1.29 is 4.79 Å². The van der Waals surface area contributed by atoms with E-state index in [-0.39, 0.29) is 5.91 Å². The zero-order valence-electron chi connectivity index (χ0n) is 9.15. The van der Waals surface area contributed by atoms with Crippen molar-refractivity contribution in [3.05, 3.63) is 18.2 Å². The van der Waals surface area contributed by atoms with Gasteiger partial charge < -0.3 is 15.2 Å². The van der Waals surface area contributed by atoms with E-state index in [1.807, 2.05) is 4.90 Å². The van der Waals surface area contributed by atoms with Gasteiger partial charge in [0.1, 0.15) is 5.69 Å². The monoisotopic (exact) mass is 220 g/mol. The van der Waals surface area contributed by atoms with Gasteiger partial charge in [0, 0.05) is 19.1 Å². The lowest BCUT2D eigenvalue weighted by molar-refractivity contribution is 0.0780. The number of aromatic nitrogens is 2. The first kappa shape index (κ1) is 9.84. The number of hydrogen-bond acceptors (Lipinski definition) is 3. The van der Waals surface area contributed by atoms with Gasteiger partial charge >= 0.3 is 0 Å². The second-order valence-electron chi connectivity index (χ2n) is 4.64. The number of fused-ring (bicyclic) bond motifs is 1. The summed E-state index contributed by atoms with van der Waals surface area (Å²) in [5.41, 5.74) is 0.596. The predicted octanol–water partition coefficient (Wildman–Crippen LogP) is 0.234. The number of imidazole rings is 1. The zero-order valence-corrected chi connectivity index (χ0v) is 9.15. The predicted molar refractivity (Wildman–Crippen MR) is 59.0 cm³/mol. The number of amides is 1. The summed E-state index contributed by atoms with van der Waals surface area (Å²) in [6, 6.07) is 0.501. The highest BCUT2D eigenvalue weighted by Crippen LogP contribution is 2.25. The fourth-order valence-corrected chi connectivity index (χ4v) is 2.76. The van der Waals surface area contributed by atoms with Gasteiger partial charge in [0.05, 0.1) is 12.5 Å². The highest BCUT2D eigenvalue weighted by molar-refractivity contribution is 5.92. The van der Waals surface area contributed by atoms with Gasteiger partial charge in [-0.1, -0.05) is 0 Å². The Hall–Kier alpha value is -1.36. The molecule has 0 aromatic carbocycles. The summed E-state index contributed by atoms with van der Waals surface area (Å²) in [5, 5.41) is 3.49. The van der Waals surface area contributed by atoms with Crippen molar-refractivity contribution in [1.82, 2.24) is 20.2 Å². The zero-order chi connectivity index (χ0) is 11.0. The van der Waals surface area contributed by atoms with E-state index in [2.05, 4.69) is 15.3 Å². The molecular formula is C11H16N4O. The molecular weight excluding hydrogens is 204 g/mol. The summed E-state index contributed by atoms with van der Waals surface area (Å²) < 4.78 is 0. The molecule has 3 rings (SSSR count). The Kier molecular flexibility index (Phi) is 2.40. The second kappa shape index (κ2) is 3.90. The molecule has 0 aliphatic carbocycles. The fourth-order valence-electron chi connectivity index (χ4n) is 2.76. The summed E-state index contributed by atoms with van der Waals surface area (Å²) in [6.45, 7) is 2.81. The van der Waals surface area contributed by atoms with E-state index < -0.39 is 0 Å². The second-order valence-corrected chi connectivity index (χ2v) is 4.64. The molecule has 2 N–H and O–H groups in total. The van der Waals surface area contributed by atoms with Crippen LogP contribution in [0.3, 0.4) is 0 Å². The van der Waals surface area contributed by atoms with E-state index in [0.717, 1.165) is 19.6 Å². The van der Waals surface area contributed by atoms with Crippen LogP contribution in [-0.2, 0) is 0 Å². The van der Waals surface area contributed by atoms with Crippen molar-refractivity contribution in [2.45, 2.75) is 18.9 Å². The van der Waals surface area contributed by atoms with Crippen LogP contribution in [0.5, 0.6) is 0 Å². The summed E-state index contributed by atoms with van der Waals surface area (Å²) >= 11 is 0. The molecule has 5 heteroatoms. The molecule has 3 heterocycles. The number of nitrogens with zero attached hydrogens (tertiary/aromatic N) is 2. The Morgan fingerprint density at radius 3 is 3.19 bits per heavy atom. The molecule has 2 fully saturated rings. The van der Waals surface area contributed by atoms with E-state index in [0.29, 0.717) is 17.7 Å². The highest BCUT2D eigenvalue weighted by atomic mass is 16.2. The van der Waals surface area contributed by atoms with Gasteiger partial charge in [0.25, 0.3) is 5.91 Å². The Bertz CT molecular complexity index is 361. The van der Waals surface area contributed by atoms with Crippen LogP contribution in [0.1, 0.15) is 23.3 Å². The minimum absolute atomic E-state index is 0.0775. The number of hydrogen-bond donors (Lipinski definition) is 2. The number of H-pyrrole nitrogens is 1. The number of aromatic amines is 1. The lowest BCUT2D eigenvalue weighted by Crippen LogP contribution is -2.41. The van der Waals surface area contributed by atoms with Gasteiger partial charge in [0.2, 0.25) is 0 Å². The van der Waals surface area contributed by atoms with Crippen molar-refractivity contribution in [3.8, 4) is 0 Å². The molecule has 0 bridgehead atoms. The van der Waals surface area contributed by atoms with Crippen LogP contribution in [0.4, 0.5) is 0 Å². The summed E-state index contributed by atoms with van der Waals surface area (Å²) in [4.78, 5) is 20.8. The Balaban J connectivity index is 1.71. The molecule has 2 atom stereocenters. The summed E-state index contributed by atoms with van der Waals surface area (Å²) in [6.07, 6.45) is 5.62. The van der Waals surface area contributed by atoms with Crippen molar-refractivity contribution in [2.75, 3.05) is 19.6 Å². The van der Waals surface area contributed by atoms with Crippen LogP contribution < -0.4 is 5.32 Å². The third-order valence-corrected chi connectivity index (χ3v) is 3.62. The molecule has 2 aliphatic heterocycles. The minimum atomic E-state index is 0.0775. The van der Waals surface area contributed by atoms with Crippen molar-refractivity contribution in [1.29, 1.82) is 0 Å². The van der Waals surface area contributed by atoms with Gasteiger partial charge in [-0.15, -0.1) is 0 Å². The van der Waals surface area contributed by atoms with Crippen molar-refractivity contribution >= 4 is 5.91 Å². The topological polar surface area (TPSA) is 61.0 Å². The van der Waals surface area contributed by atoms with Gasteiger partial charge in [-0.3, -0.25) is 4.79 Å². The van der Waals surface area contributed by atoms with E-state index in [4.69, 9.17) is 0 Å². The third kappa shape index (κ3) is 1.61. The normalized spacial score (nSPS) is 29.1. The number of rotatable bonds is 1. The molecule has 2 aliphatic rings. The molecule has 1 aromatic rings. The maximum absolute atomic E-state index is 12.1. The molecule has 0 unspecified atom stereocenters. The van der Waals surface area contributed by atoms with E-state index >= 15 is 0 Å². The summed E-state index contributed by atoms with van der Waals surface area (Å²) in [5.74, 6) is 0.717. The van der Waals surface area contributed by atoms with Gasteiger partial charge in [-0.05, 0) is 25.3 Å². The van der Waals surface area contributed by atoms with Crippen molar-refractivity contribution in [2.24, 2.45) is 5.92 Å². The van der Waals surface area contributed by atoms with Crippen LogP contribution >= 0.6 is 0 Å². The molecule has 1 aromatic heterocycles. The molecule has 16 heavy (non-hydrogen) atoms. The Morgan fingerprint density at radius 2 is 2.44 bits per heavy atom. The first-order valence-corrected chi connectivity index (χ1v) is 5.85. The number of carbonyl (C=O) groups excluding carboxylic acids is 1. The first-order valence-electron chi connectivity index (χ1n) is 5.85. The first-order chi connectivity index (χ1) is 7.84. The number of piperidine rings is 1. The number of nitrogens with one attached hydrogen (secondary N) is 2. The van der Waals surface area contributed by atoms with Crippen LogP contribution in [0.2, 0.25) is 0 Å². The van der Waals surface area contributed by atoms with Gasteiger partial charge in [0.15, 0.2) is 0 Å². The SMILES string of the molecule is O=C(c1cnc[nH]1)N1C[C@@H]2CCCN[C@@H]2C1. The maximum Gasteiger partial charge on any atom is 0.271 e. The van der Waals surface area contributed by atoms with E-state index in [1.54, 1.807) is 12.5 Å². The minimum Gasteiger partial charge on any atom is -0.341 e. The highest BCUT2D eigenvalue weighted by Gasteiger charge is 2.36. The standard InChI is InChI=1S/C11H16N4O/c16-11(9-4-12-7-14-9)15-5-8-2-1-3-13-10(8)6-15/h4,7-8,10,13H,1-3,5-6H2,(H,12,14)/t8-,10+/m0/s1.